The Kier molecular flexibility index (Phi) is 3.22. The molecule has 0 fully saturated rings. The van der Waals surface area contributed by atoms with Crippen LogP contribution >= 0.6 is 11.6 Å². The zero-order chi connectivity index (χ0) is 11.4. The third-order valence-electron chi connectivity index (χ3n) is 2.00. The molecule has 2 aromatic rings. The molecule has 0 saturated heterocycles. The molecule has 1 heterocycles. The lowest BCUT2D eigenvalue weighted by Crippen LogP contribution is -1.94. The number of nitrogens with one attached hydrogen (secondary N) is 1. The number of ether oxygens (including phenoxy) is 1. The average Bonchev–Trinajstić information content (AvgIpc) is 2.30. The first-order chi connectivity index (χ1) is 7.78. The molecule has 0 radical (unpaired) electrons. The van der Waals surface area contributed by atoms with E-state index in [4.69, 9.17) is 16.3 Å². The van der Waals surface area contributed by atoms with E-state index in [2.05, 4.69) is 15.3 Å². The lowest BCUT2D eigenvalue weighted by atomic mass is 10.3. The first kappa shape index (κ1) is 10.7. The largest absolute Gasteiger partial charge is 0.497 e. The molecule has 4 nitrogen and oxygen atoms in total. The number of hydrogen-bond acceptors (Lipinski definition) is 4. The van der Waals surface area contributed by atoms with Crippen molar-refractivity contribution in [3.05, 3.63) is 41.8 Å². The second-order valence-corrected chi connectivity index (χ2v) is 3.47. The lowest BCUT2D eigenvalue weighted by molar-refractivity contribution is 0.415. The number of methoxy groups -OCH3 is 1. The Labute approximate surface area is 98.3 Å². The molecule has 16 heavy (non-hydrogen) atoms. The van der Waals surface area contributed by atoms with Crippen LogP contribution in [0.25, 0.3) is 0 Å². The highest BCUT2D eigenvalue weighted by Gasteiger charge is 1.98. The fraction of sp³-hybridized carbons (Fsp3) is 0.0909. The van der Waals surface area contributed by atoms with Gasteiger partial charge in [0.25, 0.3) is 0 Å². The molecular weight excluding hydrogens is 226 g/mol. The Morgan fingerprint density at radius 1 is 1.19 bits per heavy atom. The summed E-state index contributed by atoms with van der Waals surface area (Å²) < 4.78 is 5.06. The molecule has 1 N–H and O–H groups in total. The Morgan fingerprint density at radius 2 is 1.94 bits per heavy atom. The van der Waals surface area contributed by atoms with Crippen molar-refractivity contribution in [2.24, 2.45) is 0 Å². The van der Waals surface area contributed by atoms with E-state index in [-0.39, 0.29) is 0 Å². The van der Waals surface area contributed by atoms with Gasteiger partial charge in [-0.25, -0.2) is 9.97 Å². The van der Waals surface area contributed by atoms with E-state index >= 15 is 0 Å². The standard InChI is InChI=1S/C11H10ClN3O/c1-16-9-4-2-8(3-5-9)15-11-6-10(12)13-7-14-11/h2-7H,1H3,(H,13,14,15). The minimum absolute atomic E-state index is 0.408. The molecule has 0 unspecified atom stereocenters. The van der Waals surface area contributed by atoms with Crippen molar-refractivity contribution >= 4 is 23.1 Å². The summed E-state index contributed by atoms with van der Waals surface area (Å²) in [7, 11) is 1.63. The van der Waals surface area contributed by atoms with Gasteiger partial charge in [0.2, 0.25) is 0 Å². The molecule has 0 spiro atoms. The molecule has 1 aromatic heterocycles. The number of nitrogens with zero attached hydrogens (tertiary/aromatic N) is 2. The maximum atomic E-state index is 5.75. The summed E-state index contributed by atoms with van der Waals surface area (Å²) in [6.07, 6.45) is 1.41. The first-order valence-corrected chi connectivity index (χ1v) is 5.04. The molecular formula is C11H10ClN3O. The van der Waals surface area contributed by atoms with E-state index < -0.39 is 0 Å². The number of rotatable bonds is 3. The van der Waals surface area contributed by atoms with Crippen LogP contribution in [0.15, 0.2) is 36.7 Å². The van der Waals surface area contributed by atoms with Gasteiger partial charge >= 0.3 is 0 Å². The van der Waals surface area contributed by atoms with E-state index in [1.165, 1.54) is 6.33 Å². The second-order valence-electron chi connectivity index (χ2n) is 3.08. The number of benzene rings is 1. The zero-order valence-corrected chi connectivity index (χ0v) is 9.40. The molecule has 0 bridgehead atoms. The summed E-state index contributed by atoms with van der Waals surface area (Å²) in [5.74, 6) is 1.47. The van der Waals surface area contributed by atoms with Crippen molar-refractivity contribution < 1.29 is 4.74 Å². The Morgan fingerprint density at radius 3 is 2.56 bits per heavy atom. The summed E-state index contributed by atoms with van der Waals surface area (Å²) in [4.78, 5) is 7.84. The summed E-state index contributed by atoms with van der Waals surface area (Å²) in [6, 6.07) is 9.19. The van der Waals surface area contributed by atoms with Crippen molar-refractivity contribution in [1.29, 1.82) is 0 Å². The van der Waals surface area contributed by atoms with Crippen LogP contribution in [0.2, 0.25) is 5.15 Å². The third kappa shape index (κ3) is 2.61. The van der Waals surface area contributed by atoms with Crippen molar-refractivity contribution in [2.75, 3.05) is 12.4 Å². The van der Waals surface area contributed by atoms with Gasteiger partial charge in [-0.3, -0.25) is 0 Å². The van der Waals surface area contributed by atoms with Crippen molar-refractivity contribution in [3.63, 3.8) is 0 Å². The predicted molar refractivity (Wildman–Crippen MR) is 63.3 cm³/mol. The molecule has 2 rings (SSSR count). The van der Waals surface area contributed by atoms with E-state index in [1.807, 2.05) is 24.3 Å². The fourth-order valence-corrected chi connectivity index (χ4v) is 1.37. The van der Waals surface area contributed by atoms with Crippen LogP contribution in [0.1, 0.15) is 0 Å². The van der Waals surface area contributed by atoms with Crippen molar-refractivity contribution in [2.45, 2.75) is 0 Å². The van der Waals surface area contributed by atoms with Gasteiger partial charge in [0.05, 0.1) is 7.11 Å². The minimum Gasteiger partial charge on any atom is -0.497 e. The van der Waals surface area contributed by atoms with Crippen LogP contribution < -0.4 is 10.1 Å². The van der Waals surface area contributed by atoms with Gasteiger partial charge in [-0.15, -0.1) is 0 Å². The molecule has 1 aromatic carbocycles. The monoisotopic (exact) mass is 235 g/mol. The maximum absolute atomic E-state index is 5.75. The topological polar surface area (TPSA) is 47.0 Å². The Balaban J connectivity index is 2.14. The molecule has 0 saturated carbocycles. The predicted octanol–water partition coefficient (Wildman–Crippen LogP) is 2.88. The van der Waals surface area contributed by atoms with Crippen LogP contribution in [-0.2, 0) is 0 Å². The summed E-state index contributed by atoms with van der Waals surface area (Å²) in [5, 5.41) is 3.51. The minimum atomic E-state index is 0.408. The smallest absolute Gasteiger partial charge is 0.135 e. The molecule has 82 valence electrons. The van der Waals surface area contributed by atoms with Gasteiger partial charge in [0, 0.05) is 11.8 Å². The first-order valence-electron chi connectivity index (χ1n) is 4.66. The summed E-state index contributed by atoms with van der Waals surface area (Å²) in [5.41, 5.74) is 0.913. The average molecular weight is 236 g/mol. The van der Waals surface area contributed by atoms with Gasteiger partial charge in [-0.2, -0.15) is 0 Å². The molecule has 0 atom stereocenters. The molecule has 0 amide bonds. The van der Waals surface area contributed by atoms with E-state index in [0.29, 0.717) is 11.0 Å². The molecule has 0 aliphatic rings. The quantitative estimate of drug-likeness (QED) is 0.831. The van der Waals surface area contributed by atoms with Gasteiger partial charge in [0.15, 0.2) is 0 Å². The van der Waals surface area contributed by atoms with E-state index in [0.717, 1.165) is 11.4 Å². The molecule has 0 aliphatic heterocycles. The summed E-state index contributed by atoms with van der Waals surface area (Å²) >= 11 is 5.75. The normalized spacial score (nSPS) is 9.88. The van der Waals surface area contributed by atoms with Crippen LogP contribution in [0.5, 0.6) is 5.75 Å². The van der Waals surface area contributed by atoms with E-state index in [9.17, 15) is 0 Å². The number of halogens is 1. The van der Waals surface area contributed by atoms with Crippen molar-refractivity contribution in [1.82, 2.24) is 9.97 Å². The second kappa shape index (κ2) is 4.81. The van der Waals surface area contributed by atoms with Crippen LogP contribution in [-0.4, -0.2) is 17.1 Å². The zero-order valence-electron chi connectivity index (χ0n) is 8.64. The third-order valence-corrected chi connectivity index (χ3v) is 2.20. The fourth-order valence-electron chi connectivity index (χ4n) is 1.22. The Bertz CT molecular complexity index is 473. The van der Waals surface area contributed by atoms with Gasteiger partial charge in [0.1, 0.15) is 23.0 Å². The highest BCUT2D eigenvalue weighted by atomic mass is 35.5. The van der Waals surface area contributed by atoms with E-state index in [1.54, 1.807) is 13.2 Å². The highest BCUT2D eigenvalue weighted by Crippen LogP contribution is 2.19. The van der Waals surface area contributed by atoms with Crippen LogP contribution in [0.4, 0.5) is 11.5 Å². The van der Waals surface area contributed by atoms with Crippen molar-refractivity contribution in [3.8, 4) is 5.75 Å². The molecule has 0 aliphatic carbocycles. The van der Waals surface area contributed by atoms with Crippen LogP contribution in [0, 0.1) is 0 Å². The number of anilines is 2. The van der Waals surface area contributed by atoms with Gasteiger partial charge in [-0.05, 0) is 24.3 Å². The molecule has 5 heteroatoms. The Hall–Kier alpha value is -1.81. The van der Waals surface area contributed by atoms with Gasteiger partial charge < -0.3 is 10.1 Å². The summed E-state index contributed by atoms with van der Waals surface area (Å²) in [6.45, 7) is 0. The van der Waals surface area contributed by atoms with Crippen LogP contribution in [0.3, 0.4) is 0 Å². The number of hydrogen-bond donors (Lipinski definition) is 1. The highest BCUT2D eigenvalue weighted by molar-refractivity contribution is 6.29. The van der Waals surface area contributed by atoms with Gasteiger partial charge in [-0.1, -0.05) is 11.6 Å². The maximum Gasteiger partial charge on any atom is 0.135 e. The number of aromatic nitrogens is 2. The lowest BCUT2D eigenvalue weighted by Gasteiger charge is -2.06. The SMILES string of the molecule is COc1ccc(Nc2cc(Cl)ncn2)cc1.